The Kier molecular flexibility index (Phi) is 5.00. The van der Waals surface area contributed by atoms with Crippen molar-refractivity contribution in [2.75, 3.05) is 0 Å². The summed E-state index contributed by atoms with van der Waals surface area (Å²) in [6, 6.07) is 19.6. The zero-order valence-corrected chi connectivity index (χ0v) is 15.6. The fourth-order valence-electron chi connectivity index (χ4n) is 3.08. The number of aromatic amines is 1. The molecule has 4 rings (SSSR count). The first kappa shape index (κ1) is 18.1. The second-order valence-corrected chi connectivity index (χ2v) is 6.89. The van der Waals surface area contributed by atoms with Gasteiger partial charge in [-0.3, -0.25) is 9.59 Å². The standard InChI is InChI=1S/C22H17ClN2O3/c23-18-9-7-15(8-10-18)22(27)25(14-19-5-3-11-28-19)13-17-12-16-4-1-2-6-20(16)24-21(17)26/h1-12H,13-14H2,(H,24,26). The SMILES string of the molecule is O=C(c1ccc(Cl)cc1)N(Cc1ccco1)Cc1cc2ccccc2[nH]c1=O. The molecular weight excluding hydrogens is 376 g/mol. The molecule has 0 aliphatic carbocycles. The first-order valence-corrected chi connectivity index (χ1v) is 9.16. The number of aromatic nitrogens is 1. The van der Waals surface area contributed by atoms with Gasteiger partial charge in [0.25, 0.3) is 11.5 Å². The van der Waals surface area contributed by atoms with Crippen molar-refractivity contribution in [2.24, 2.45) is 0 Å². The molecule has 0 aliphatic heterocycles. The molecule has 0 unspecified atom stereocenters. The zero-order chi connectivity index (χ0) is 19.5. The number of carbonyl (C=O) groups excluding carboxylic acids is 1. The van der Waals surface area contributed by atoms with E-state index in [1.807, 2.05) is 30.3 Å². The van der Waals surface area contributed by atoms with E-state index in [9.17, 15) is 9.59 Å². The number of hydrogen-bond donors (Lipinski definition) is 1. The van der Waals surface area contributed by atoms with Crippen molar-refractivity contribution in [3.8, 4) is 0 Å². The molecule has 0 atom stereocenters. The smallest absolute Gasteiger partial charge is 0.254 e. The van der Waals surface area contributed by atoms with Crippen molar-refractivity contribution in [2.45, 2.75) is 13.1 Å². The van der Waals surface area contributed by atoms with Crippen molar-refractivity contribution < 1.29 is 9.21 Å². The number of halogens is 1. The lowest BCUT2D eigenvalue weighted by Crippen LogP contribution is -2.32. The highest BCUT2D eigenvalue weighted by Crippen LogP contribution is 2.17. The second-order valence-electron chi connectivity index (χ2n) is 6.46. The predicted octanol–water partition coefficient (Wildman–Crippen LogP) is 4.62. The van der Waals surface area contributed by atoms with Crippen molar-refractivity contribution >= 4 is 28.4 Å². The fraction of sp³-hybridized carbons (Fsp3) is 0.0909. The highest BCUT2D eigenvalue weighted by molar-refractivity contribution is 6.30. The van der Waals surface area contributed by atoms with Crippen LogP contribution in [0.1, 0.15) is 21.7 Å². The van der Waals surface area contributed by atoms with E-state index in [4.69, 9.17) is 16.0 Å². The van der Waals surface area contributed by atoms with Gasteiger partial charge in [0.05, 0.1) is 19.4 Å². The topological polar surface area (TPSA) is 66.3 Å². The third-order valence-corrected chi connectivity index (χ3v) is 4.75. The molecule has 0 aliphatic rings. The van der Waals surface area contributed by atoms with Crippen LogP contribution in [0.3, 0.4) is 0 Å². The van der Waals surface area contributed by atoms with Crippen LogP contribution in [0.4, 0.5) is 0 Å². The van der Waals surface area contributed by atoms with Gasteiger partial charge in [-0.15, -0.1) is 0 Å². The highest BCUT2D eigenvalue weighted by atomic mass is 35.5. The van der Waals surface area contributed by atoms with E-state index in [0.29, 0.717) is 21.9 Å². The quantitative estimate of drug-likeness (QED) is 0.539. The number of H-pyrrole nitrogens is 1. The molecule has 2 aromatic heterocycles. The number of hydrogen-bond acceptors (Lipinski definition) is 3. The summed E-state index contributed by atoms with van der Waals surface area (Å²) in [6.07, 6.45) is 1.56. The molecule has 0 bridgehead atoms. The summed E-state index contributed by atoms with van der Waals surface area (Å²) in [6.45, 7) is 0.406. The molecule has 140 valence electrons. The number of pyridine rings is 1. The lowest BCUT2D eigenvalue weighted by Gasteiger charge is -2.22. The normalized spacial score (nSPS) is 10.9. The Morgan fingerprint density at radius 1 is 1.00 bits per heavy atom. The lowest BCUT2D eigenvalue weighted by molar-refractivity contribution is 0.0717. The summed E-state index contributed by atoms with van der Waals surface area (Å²) in [4.78, 5) is 30.1. The first-order valence-electron chi connectivity index (χ1n) is 8.78. The molecule has 2 aromatic carbocycles. The Balaban J connectivity index is 1.69. The summed E-state index contributed by atoms with van der Waals surface area (Å²) in [5.74, 6) is 0.431. The average Bonchev–Trinajstić information content (AvgIpc) is 3.21. The molecule has 1 N–H and O–H groups in total. The molecule has 0 saturated carbocycles. The van der Waals surface area contributed by atoms with Gasteiger partial charge < -0.3 is 14.3 Å². The predicted molar refractivity (Wildman–Crippen MR) is 108 cm³/mol. The van der Waals surface area contributed by atoms with Gasteiger partial charge in [0.15, 0.2) is 0 Å². The molecule has 0 saturated heterocycles. The van der Waals surface area contributed by atoms with Crippen LogP contribution >= 0.6 is 11.6 Å². The Labute approximate surface area is 166 Å². The van der Waals surface area contributed by atoms with Gasteiger partial charge >= 0.3 is 0 Å². The minimum Gasteiger partial charge on any atom is -0.467 e. The maximum Gasteiger partial charge on any atom is 0.254 e. The van der Waals surface area contributed by atoms with Crippen LogP contribution in [0.15, 0.2) is 82.2 Å². The van der Waals surface area contributed by atoms with Crippen molar-refractivity contribution in [1.29, 1.82) is 0 Å². The lowest BCUT2D eigenvalue weighted by atomic mass is 10.1. The first-order chi connectivity index (χ1) is 13.6. The molecule has 0 radical (unpaired) electrons. The summed E-state index contributed by atoms with van der Waals surface area (Å²) in [7, 11) is 0. The van der Waals surface area contributed by atoms with Crippen molar-refractivity contribution in [1.82, 2.24) is 9.88 Å². The van der Waals surface area contributed by atoms with Crippen molar-refractivity contribution in [3.63, 3.8) is 0 Å². The van der Waals surface area contributed by atoms with Gasteiger partial charge in [-0.25, -0.2) is 0 Å². The highest BCUT2D eigenvalue weighted by Gasteiger charge is 2.19. The van der Waals surface area contributed by atoms with Gasteiger partial charge in [-0.05, 0) is 53.9 Å². The summed E-state index contributed by atoms with van der Waals surface area (Å²) >= 11 is 5.93. The molecule has 5 nitrogen and oxygen atoms in total. The van der Waals surface area contributed by atoms with E-state index < -0.39 is 0 Å². The molecule has 28 heavy (non-hydrogen) atoms. The fourth-order valence-corrected chi connectivity index (χ4v) is 3.21. The zero-order valence-electron chi connectivity index (χ0n) is 14.9. The molecule has 0 spiro atoms. The van der Waals surface area contributed by atoms with Crippen LogP contribution < -0.4 is 5.56 Å². The number of para-hydroxylation sites is 1. The Morgan fingerprint density at radius 3 is 2.54 bits per heavy atom. The maximum absolute atomic E-state index is 13.1. The number of benzene rings is 2. The number of furan rings is 1. The van der Waals surface area contributed by atoms with E-state index in [2.05, 4.69) is 4.98 Å². The van der Waals surface area contributed by atoms with Gasteiger partial charge in [0, 0.05) is 21.7 Å². The van der Waals surface area contributed by atoms with E-state index in [0.717, 1.165) is 10.9 Å². The molecule has 2 heterocycles. The molecule has 4 aromatic rings. The minimum absolute atomic E-state index is 0.155. The Hall–Kier alpha value is -3.31. The summed E-state index contributed by atoms with van der Waals surface area (Å²) in [5.41, 5.74) is 1.55. The van der Waals surface area contributed by atoms with Gasteiger partial charge in [0.1, 0.15) is 5.76 Å². The number of amides is 1. The van der Waals surface area contributed by atoms with Crippen LogP contribution in [0.25, 0.3) is 10.9 Å². The van der Waals surface area contributed by atoms with Crippen LogP contribution in [-0.4, -0.2) is 15.8 Å². The van der Waals surface area contributed by atoms with Crippen LogP contribution in [0.2, 0.25) is 5.02 Å². The number of carbonyl (C=O) groups is 1. The molecule has 0 fully saturated rings. The van der Waals surface area contributed by atoms with E-state index in [-0.39, 0.29) is 24.6 Å². The second kappa shape index (κ2) is 7.74. The number of nitrogens with zero attached hydrogens (tertiary/aromatic N) is 1. The Morgan fingerprint density at radius 2 is 1.79 bits per heavy atom. The van der Waals surface area contributed by atoms with Gasteiger partial charge in [-0.2, -0.15) is 0 Å². The maximum atomic E-state index is 13.1. The number of fused-ring (bicyclic) bond motifs is 1. The average molecular weight is 393 g/mol. The molecule has 6 heteroatoms. The molecular formula is C22H17ClN2O3. The minimum atomic E-state index is -0.216. The van der Waals surface area contributed by atoms with E-state index in [1.165, 1.54) is 0 Å². The van der Waals surface area contributed by atoms with Gasteiger partial charge in [0.2, 0.25) is 0 Å². The van der Waals surface area contributed by atoms with Crippen LogP contribution in [-0.2, 0) is 13.1 Å². The summed E-state index contributed by atoms with van der Waals surface area (Å²) < 4.78 is 5.41. The van der Waals surface area contributed by atoms with Gasteiger partial charge in [-0.1, -0.05) is 29.8 Å². The third-order valence-electron chi connectivity index (χ3n) is 4.50. The van der Waals surface area contributed by atoms with Crippen molar-refractivity contribution in [3.05, 3.63) is 105 Å². The monoisotopic (exact) mass is 392 g/mol. The third kappa shape index (κ3) is 3.85. The van der Waals surface area contributed by atoms with Crippen LogP contribution in [0.5, 0.6) is 0 Å². The largest absolute Gasteiger partial charge is 0.467 e. The Bertz CT molecular complexity index is 1160. The number of rotatable bonds is 5. The van der Waals surface area contributed by atoms with E-state index in [1.54, 1.807) is 47.6 Å². The van der Waals surface area contributed by atoms with E-state index >= 15 is 0 Å². The number of nitrogens with one attached hydrogen (secondary N) is 1. The van der Waals surface area contributed by atoms with Crippen LogP contribution in [0, 0.1) is 0 Å². The summed E-state index contributed by atoms with van der Waals surface area (Å²) in [5, 5.41) is 1.47. The molecule has 1 amide bonds.